The Morgan fingerprint density at radius 2 is 1.89 bits per heavy atom. The van der Waals surface area contributed by atoms with Crippen molar-refractivity contribution in [2.75, 3.05) is 18.6 Å². The molecular weight excluding hydrogens is 344 g/mol. The molecule has 0 N–H and O–H groups in total. The van der Waals surface area contributed by atoms with E-state index in [2.05, 4.69) is 22.0 Å². The van der Waals surface area contributed by atoms with Crippen molar-refractivity contribution in [2.24, 2.45) is 0 Å². The zero-order chi connectivity index (χ0) is 13.8. The molecule has 0 amide bonds. The number of hydrogen-bond donors (Lipinski definition) is 0. The number of methoxy groups -OCH3 is 1. The molecule has 1 aliphatic rings. The average Bonchev–Trinajstić information content (AvgIpc) is 2.40. The van der Waals surface area contributed by atoms with Crippen LogP contribution in [0.15, 0.2) is 16.6 Å². The summed E-state index contributed by atoms with van der Waals surface area (Å²) >= 11 is 7.68. The SMILES string of the molecule is COc1cc(Br)c(C2SCCCS2)cc1OC(C)C. The summed E-state index contributed by atoms with van der Waals surface area (Å²) in [4.78, 5) is 0. The highest BCUT2D eigenvalue weighted by Gasteiger charge is 2.21. The number of hydrogen-bond acceptors (Lipinski definition) is 4. The van der Waals surface area contributed by atoms with Crippen molar-refractivity contribution >= 4 is 39.5 Å². The van der Waals surface area contributed by atoms with Crippen LogP contribution in [0, 0.1) is 0 Å². The van der Waals surface area contributed by atoms with Gasteiger partial charge < -0.3 is 9.47 Å². The standard InChI is InChI=1S/C14H19BrO2S2/c1-9(2)17-13-7-10(11(15)8-12(13)16-3)14-18-5-4-6-19-14/h7-9,14H,4-6H2,1-3H3. The van der Waals surface area contributed by atoms with Crippen molar-refractivity contribution in [1.82, 2.24) is 0 Å². The van der Waals surface area contributed by atoms with Crippen molar-refractivity contribution < 1.29 is 9.47 Å². The smallest absolute Gasteiger partial charge is 0.161 e. The Labute approximate surface area is 132 Å². The van der Waals surface area contributed by atoms with Gasteiger partial charge in [0, 0.05) is 4.47 Å². The van der Waals surface area contributed by atoms with Crippen LogP contribution in [-0.2, 0) is 0 Å². The lowest BCUT2D eigenvalue weighted by Crippen LogP contribution is -2.08. The Hall–Kier alpha value is -0.000000000000000167. The first kappa shape index (κ1) is 15.4. The summed E-state index contributed by atoms with van der Waals surface area (Å²) in [5, 5.41) is 0. The number of halogens is 1. The molecule has 1 aromatic carbocycles. The first-order valence-electron chi connectivity index (χ1n) is 6.39. The first-order valence-corrected chi connectivity index (χ1v) is 9.28. The fourth-order valence-electron chi connectivity index (χ4n) is 1.90. The predicted molar refractivity (Wildman–Crippen MR) is 88.7 cm³/mol. The topological polar surface area (TPSA) is 18.5 Å². The van der Waals surface area contributed by atoms with Gasteiger partial charge >= 0.3 is 0 Å². The second kappa shape index (κ2) is 7.14. The van der Waals surface area contributed by atoms with Gasteiger partial charge in [-0.3, -0.25) is 0 Å². The summed E-state index contributed by atoms with van der Waals surface area (Å²) in [5.74, 6) is 4.09. The van der Waals surface area contributed by atoms with Gasteiger partial charge in [-0.15, -0.1) is 23.5 Å². The summed E-state index contributed by atoms with van der Waals surface area (Å²) < 4.78 is 12.9. The van der Waals surface area contributed by atoms with Gasteiger partial charge in [0.2, 0.25) is 0 Å². The maximum Gasteiger partial charge on any atom is 0.161 e. The van der Waals surface area contributed by atoms with Gasteiger partial charge in [0.1, 0.15) is 0 Å². The molecule has 0 unspecified atom stereocenters. The molecule has 2 nitrogen and oxygen atoms in total. The van der Waals surface area contributed by atoms with Crippen LogP contribution in [0.25, 0.3) is 0 Å². The third-order valence-electron chi connectivity index (χ3n) is 2.73. The number of ether oxygens (including phenoxy) is 2. The third kappa shape index (κ3) is 3.99. The van der Waals surface area contributed by atoms with Crippen molar-refractivity contribution in [3.8, 4) is 11.5 Å². The molecule has 0 radical (unpaired) electrons. The maximum atomic E-state index is 5.86. The Morgan fingerprint density at radius 1 is 1.21 bits per heavy atom. The largest absolute Gasteiger partial charge is 0.493 e. The van der Waals surface area contributed by atoms with E-state index in [1.807, 2.05) is 43.4 Å². The summed E-state index contributed by atoms with van der Waals surface area (Å²) in [7, 11) is 1.68. The van der Waals surface area contributed by atoms with Gasteiger partial charge in [0.05, 0.1) is 17.8 Å². The van der Waals surface area contributed by atoms with Gasteiger partial charge in [-0.1, -0.05) is 15.9 Å². The van der Waals surface area contributed by atoms with E-state index in [0.29, 0.717) is 4.58 Å². The molecule has 1 heterocycles. The lowest BCUT2D eigenvalue weighted by atomic mass is 10.2. The van der Waals surface area contributed by atoms with Crippen LogP contribution in [0.1, 0.15) is 30.4 Å². The molecule has 1 saturated heterocycles. The fourth-order valence-corrected chi connectivity index (χ4v) is 5.70. The van der Waals surface area contributed by atoms with Gasteiger partial charge in [-0.2, -0.15) is 0 Å². The van der Waals surface area contributed by atoms with E-state index in [-0.39, 0.29) is 6.10 Å². The molecule has 19 heavy (non-hydrogen) atoms. The van der Waals surface area contributed by atoms with Crippen LogP contribution in [0.4, 0.5) is 0 Å². The van der Waals surface area contributed by atoms with E-state index in [1.165, 1.54) is 23.5 Å². The molecule has 2 rings (SSSR count). The van der Waals surface area contributed by atoms with E-state index in [9.17, 15) is 0 Å². The highest BCUT2D eigenvalue weighted by molar-refractivity contribution is 9.10. The normalized spacial score (nSPS) is 16.7. The molecule has 5 heteroatoms. The van der Waals surface area contributed by atoms with E-state index in [1.54, 1.807) is 7.11 Å². The van der Waals surface area contributed by atoms with Crippen molar-refractivity contribution in [1.29, 1.82) is 0 Å². The van der Waals surface area contributed by atoms with Crippen molar-refractivity contribution in [2.45, 2.75) is 31.0 Å². The maximum absolute atomic E-state index is 5.86. The fraction of sp³-hybridized carbons (Fsp3) is 0.571. The van der Waals surface area contributed by atoms with Crippen LogP contribution < -0.4 is 9.47 Å². The summed E-state index contributed by atoms with van der Waals surface area (Å²) in [6.07, 6.45) is 1.45. The molecule has 1 fully saturated rings. The zero-order valence-corrected chi connectivity index (χ0v) is 14.7. The molecule has 0 aliphatic carbocycles. The minimum atomic E-state index is 0.148. The second-order valence-electron chi connectivity index (χ2n) is 4.62. The first-order chi connectivity index (χ1) is 9.11. The van der Waals surface area contributed by atoms with Gasteiger partial charge in [-0.25, -0.2) is 0 Å². The lowest BCUT2D eigenvalue weighted by Gasteiger charge is -2.24. The summed E-state index contributed by atoms with van der Waals surface area (Å²) in [6.45, 7) is 4.07. The molecule has 0 bridgehead atoms. The molecule has 1 aliphatic heterocycles. The van der Waals surface area contributed by atoms with Gasteiger partial charge in [-0.05, 0) is 49.5 Å². The Balaban J connectivity index is 2.31. The summed E-state index contributed by atoms with van der Waals surface area (Å²) in [6, 6.07) is 4.14. The second-order valence-corrected chi connectivity index (χ2v) is 8.20. The molecule has 106 valence electrons. The van der Waals surface area contributed by atoms with Gasteiger partial charge in [0.25, 0.3) is 0 Å². The van der Waals surface area contributed by atoms with Crippen LogP contribution in [0.2, 0.25) is 0 Å². The Kier molecular flexibility index (Phi) is 5.78. The van der Waals surface area contributed by atoms with E-state index >= 15 is 0 Å². The molecule has 0 atom stereocenters. The van der Waals surface area contributed by atoms with Crippen LogP contribution in [0.3, 0.4) is 0 Å². The van der Waals surface area contributed by atoms with Crippen LogP contribution in [-0.4, -0.2) is 24.7 Å². The van der Waals surface area contributed by atoms with Crippen molar-refractivity contribution in [3.63, 3.8) is 0 Å². The molecule has 1 aromatic rings. The molecule has 0 aromatic heterocycles. The predicted octanol–water partition coefficient (Wildman–Crippen LogP) is 5.11. The highest BCUT2D eigenvalue weighted by atomic mass is 79.9. The quantitative estimate of drug-likeness (QED) is 0.739. The lowest BCUT2D eigenvalue weighted by molar-refractivity contribution is 0.230. The van der Waals surface area contributed by atoms with E-state index < -0.39 is 0 Å². The monoisotopic (exact) mass is 362 g/mol. The highest BCUT2D eigenvalue weighted by Crippen LogP contribution is 2.48. The Morgan fingerprint density at radius 3 is 2.47 bits per heavy atom. The number of thioether (sulfide) groups is 2. The minimum absolute atomic E-state index is 0.148. The zero-order valence-electron chi connectivity index (χ0n) is 11.4. The average molecular weight is 363 g/mol. The van der Waals surface area contributed by atoms with Crippen LogP contribution in [0.5, 0.6) is 11.5 Å². The van der Waals surface area contributed by atoms with E-state index in [4.69, 9.17) is 9.47 Å². The minimum Gasteiger partial charge on any atom is -0.493 e. The number of rotatable bonds is 4. The molecular formula is C14H19BrO2S2. The third-order valence-corrected chi connectivity index (χ3v) is 6.39. The molecule has 0 spiro atoms. The Bertz CT molecular complexity index is 432. The van der Waals surface area contributed by atoms with E-state index in [0.717, 1.165) is 16.0 Å². The van der Waals surface area contributed by atoms with Gasteiger partial charge in [0.15, 0.2) is 11.5 Å². The van der Waals surface area contributed by atoms with Crippen LogP contribution >= 0.6 is 39.5 Å². The number of benzene rings is 1. The summed E-state index contributed by atoms with van der Waals surface area (Å²) in [5.41, 5.74) is 1.30. The molecule has 0 saturated carbocycles. The van der Waals surface area contributed by atoms with Crippen molar-refractivity contribution in [3.05, 3.63) is 22.2 Å².